The number of benzene rings is 1. The number of amides is 1. The lowest BCUT2D eigenvalue weighted by atomic mass is 10.0. The number of aromatic nitrogens is 3. The largest absolute Gasteiger partial charge is 0.336 e. The molecule has 0 radical (unpaired) electrons. The van der Waals surface area contributed by atoms with E-state index in [1.54, 1.807) is 10.9 Å². The quantitative estimate of drug-likeness (QED) is 0.704. The number of hydrogen-bond acceptors (Lipinski definition) is 4. The summed E-state index contributed by atoms with van der Waals surface area (Å²) in [5, 5.41) is 5.19. The van der Waals surface area contributed by atoms with Gasteiger partial charge in [-0.25, -0.2) is 4.98 Å². The summed E-state index contributed by atoms with van der Waals surface area (Å²) in [6.45, 7) is 6.65. The maximum atomic E-state index is 13.5. The highest BCUT2D eigenvalue weighted by atomic mass is 16.2. The first kappa shape index (κ1) is 18.6. The Bertz CT molecular complexity index is 1020. The van der Waals surface area contributed by atoms with Crippen LogP contribution in [0.3, 0.4) is 0 Å². The smallest absolute Gasteiger partial charge is 0.254 e. The third-order valence-corrected chi connectivity index (χ3v) is 5.81. The van der Waals surface area contributed by atoms with Crippen LogP contribution in [0.4, 0.5) is 0 Å². The zero-order valence-corrected chi connectivity index (χ0v) is 17.0. The third kappa shape index (κ3) is 3.29. The molecule has 0 bridgehead atoms. The predicted octanol–water partition coefficient (Wildman–Crippen LogP) is 3.11. The van der Waals surface area contributed by atoms with Gasteiger partial charge in [0, 0.05) is 49.9 Å². The van der Waals surface area contributed by atoms with Crippen LogP contribution in [0.1, 0.15) is 29.3 Å². The summed E-state index contributed by atoms with van der Waals surface area (Å²) >= 11 is 0. The molecular formula is C22H27N5O. The monoisotopic (exact) mass is 377 g/mol. The Balaban J connectivity index is 1.81. The molecule has 1 amide bonds. The Labute approximate surface area is 165 Å². The lowest BCUT2D eigenvalue weighted by Gasteiger charge is -2.39. The van der Waals surface area contributed by atoms with Crippen LogP contribution in [0.2, 0.25) is 0 Å². The molecule has 2 aromatic heterocycles. The van der Waals surface area contributed by atoms with E-state index in [1.807, 2.05) is 49.3 Å². The molecule has 0 aliphatic carbocycles. The van der Waals surface area contributed by atoms with Crippen molar-refractivity contribution in [3.05, 3.63) is 47.8 Å². The lowest BCUT2D eigenvalue weighted by molar-refractivity contribution is 0.0543. The molecule has 1 fully saturated rings. The minimum absolute atomic E-state index is 0.0923. The van der Waals surface area contributed by atoms with Gasteiger partial charge in [0.2, 0.25) is 0 Å². The van der Waals surface area contributed by atoms with Crippen molar-refractivity contribution in [1.29, 1.82) is 0 Å². The fraction of sp³-hybridized carbons (Fsp3) is 0.409. The van der Waals surface area contributed by atoms with E-state index in [4.69, 9.17) is 4.98 Å². The van der Waals surface area contributed by atoms with E-state index in [2.05, 4.69) is 24.0 Å². The molecule has 1 aliphatic heterocycles. The average Bonchev–Trinajstić information content (AvgIpc) is 3.14. The number of hydrogen-bond donors (Lipinski definition) is 0. The Kier molecular flexibility index (Phi) is 4.89. The number of carbonyl (C=O) groups is 1. The molecule has 0 spiro atoms. The number of likely N-dealkylation sites (N-methyl/N-ethyl adjacent to an activating group) is 1. The van der Waals surface area contributed by atoms with Gasteiger partial charge >= 0.3 is 0 Å². The zero-order chi connectivity index (χ0) is 19.8. The first-order valence-corrected chi connectivity index (χ1v) is 9.86. The van der Waals surface area contributed by atoms with Crippen molar-refractivity contribution in [1.82, 2.24) is 24.6 Å². The minimum Gasteiger partial charge on any atom is -0.336 e. The van der Waals surface area contributed by atoms with Crippen LogP contribution in [0.25, 0.3) is 22.2 Å². The van der Waals surface area contributed by atoms with Gasteiger partial charge in [0.25, 0.3) is 5.91 Å². The SMILES string of the molecule is CCC1CN(C(=O)c2cc(-c3cnn(C)c3)nc3c(C)cccc23)CCN1C. The van der Waals surface area contributed by atoms with Crippen LogP contribution in [0.15, 0.2) is 36.7 Å². The minimum atomic E-state index is 0.0923. The normalized spacial score (nSPS) is 18.0. The van der Waals surface area contributed by atoms with E-state index in [0.717, 1.165) is 59.3 Å². The van der Waals surface area contributed by atoms with Crippen LogP contribution >= 0.6 is 0 Å². The molecule has 0 saturated carbocycles. The second-order valence-electron chi connectivity index (χ2n) is 7.72. The highest BCUT2D eigenvalue weighted by molar-refractivity contribution is 6.07. The maximum Gasteiger partial charge on any atom is 0.254 e. The van der Waals surface area contributed by atoms with E-state index < -0.39 is 0 Å². The number of para-hydroxylation sites is 1. The zero-order valence-electron chi connectivity index (χ0n) is 17.0. The van der Waals surface area contributed by atoms with Crippen LogP contribution in [0.5, 0.6) is 0 Å². The van der Waals surface area contributed by atoms with Gasteiger partial charge in [-0.2, -0.15) is 5.10 Å². The third-order valence-electron chi connectivity index (χ3n) is 5.81. The summed E-state index contributed by atoms with van der Waals surface area (Å²) < 4.78 is 1.76. The second-order valence-corrected chi connectivity index (χ2v) is 7.72. The van der Waals surface area contributed by atoms with Gasteiger partial charge in [-0.05, 0) is 32.0 Å². The summed E-state index contributed by atoms with van der Waals surface area (Å²) in [5.74, 6) is 0.0923. The van der Waals surface area contributed by atoms with Crippen molar-refractivity contribution in [3.8, 4) is 11.3 Å². The number of piperazine rings is 1. The number of carbonyl (C=O) groups excluding carboxylic acids is 1. The highest BCUT2D eigenvalue weighted by Gasteiger charge is 2.28. The molecule has 1 saturated heterocycles. The van der Waals surface area contributed by atoms with E-state index in [0.29, 0.717) is 6.04 Å². The molecule has 146 valence electrons. The van der Waals surface area contributed by atoms with Crippen molar-refractivity contribution in [2.24, 2.45) is 7.05 Å². The van der Waals surface area contributed by atoms with Crippen molar-refractivity contribution in [3.63, 3.8) is 0 Å². The molecule has 1 atom stereocenters. The van der Waals surface area contributed by atoms with Crippen molar-refractivity contribution in [2.75, 3.05) is 26.7 Å². The molecule has 3 heterocycles. The fourth-order valence-electron chi connectivity index (χ4n) is 4.01. The first-order chi connectivity index (χ1) is 13.5. The summed E-state index contributed by atoms with van der Waals surface area (Å²) in [7, 11) is 4.03. The lowest BCUT2D eigenvalue weighted by Crippen LogP contribution is -2.53. The van der Waals surface area contributed by atoms with Crippen molar-refractivity contribution >= 4 is 16.8 Å². The molecule has 6 nitrogen and oxygen atoms in total. The Hall–Kier alpha value is -2.73. The molecule has 6 heteroatoms. The Morgan fingerprint density at radius 1 is 1.25 bits per heavy atom. The number of rotatable bonds is 3. The van der Waals surface area contributed by atoms with E-state index in [9.17, 15) is 4.79 Å². The van der Waals surface area contributed by atoms with Crippen molar-refractivity contribution < 1.29 is 4.79 Å². The highest BCUT2D eigenvalue weighted by Crippen LogP contribution is 2.28. The summed E-state index contributed by atoms with van der Waals surface area (Å²) in [6.07, 6.45) is 4.77. The molecule has 28 heavy (non-hydrogen) atoms. The number of pyridine rings is 1. The fourth-order valence-corrected chi connectivity index (χ4v) is 4.01. The number of fused-ring (bicyclic) bond motifs is 1. The molecule has 1 aromatic carbocycles. The van der Waals surface area contributed by atoms with E-state index >= 15 is 0 Å². The van der Waals surface area contributed by atoms with Crippen LogP contribution in [-0.4, -0.2) is 63.2 Å². The van der Waals surface area contributed by atoms with Crippen LogP contribution < -0.4 is 0 Å². The van der Waals surface area contributed by atoms with Gasteiger partial charge in [-0.1, -0.05) is 25.1 Å². The standard InChI is InChI=1S/C22H27N5O/c1-5-17-14-27(10-9-25(17)3)22(28)19-11-20(16-12-23-26(4)13-16)24-21-15(2)7-6-8-18(19)21/h6-8,11-13,17H,5,9-10,14H2,1-4H3. The van der Waals surface area contributed by atoms with Gasteiger partial charge in [0.15, 0.2) is 0 Å². The molecular weight excluding hydrogens is 350 g/mol. The summed E-state index contributed by atoms with van der Waals surface area (Å²) in [4.78, 5) is 22.7. The van der Waals surface area contributed by atoms with E-state index in [1.165, 1.54) is 0 Å². The second kappa shape index (κ2) is 7.36. The molecule has 1 aliphatic rings. The van der Waals surface area contributed by atoms with Crippen molar-refractivity contribution in [2.45, 2.75) is 26.3 Å². The van der Waals surface area contributed by atoms with Crippen LogP contribution in [-0.2, 0) is 7.05 Å². The molecule has 1 unspecified atom stereocenters. The predicted molar refractivity (Wildman–Crippen MR) is 111 cm³/mol. The summed E-state index contributed by atoms with van der Waals surface area (Å²) in [6, 6.07) is 8.38. The first-order valence-electron chi connectivity index (χ1n) is 9.86. The van der Waals surface area contributed by atoms with Crippen LogP contribution in [0, 0.1) is 6.92 Å². The van der Waals surface area contributed by atoms with Gasteiger partial charge in [0.1, 0.15) is 0 Å². The van der Waals surface area contributed by atoms with Gasteiger partial charge in [0.05, 0.1) is 23.0 Å². The summed E-state index contributed by atoms with van der Waals surface area (Å²) in [5.41, 5.74) is 4.40. The maximum absolute atomic E-state index is 13.5. The van der Waals surface area contributed by atoms with Gasteiger partial charge < -0.3 is 4.90 Å². The topological polar surface area (TPSA) is 54.3 Å². The number of aryl methyl sites for hydroxylation is 2. The van der Waals surface area contributed by atoms with Gasteiger partial charge in [-0.15, -0.1) is 0 Å². The molecule has 0 N–H and O–H groups in total. The molecule has 3 aromatic rings. The van der Waals surface area contributed by atoms with E-state index in [-0.39, 0.29) is 5.91 Å². The molecule has 4 rings (SSSR count). The number of nitrogens with zero attached hydrogens (tertiary/aromatic N) is 5. The Morgan fingerprint density at radius 2 is 2.07 bits per heavy atom. The average molecular weight is 377 g/mol. The Morgan fingerprint density at radius 3 is 2.79 bits per heavy atom. The van der Waals surface area contributed by atoms with Gasteiger partial charge in [-0.3, -0.25) is 14.4 Å².